The molecule has 7 nitrogen and oxygen atoms in total. The minimum atomic E-state index is 0.468. The summed E-state index contributed by atoms with van der Waals surface area (Å²) in [6.45, 7) is 0. The molecule has 7 heteroatoms. The maximum atomic E-state index is 5.51. The molecule has 0 spiro atoms. The highest BCUT2D eigenvalue weighted by Gasteiger charge is 2.14. The molecule has 0 unspecified atom stereocenters. The number of rotatable bonds is 5. The number of pyridine rings is 1. The molecule has 2 aromatic carbocycles. The number of tetrazole rings is 1. The highest BCUT2D eigenvalue weighted by Crippen LogP contribution is 2.38. The van der Waals surface area contributed by atoms with E-state index in [-0.39, 0.29) is 0 Å². The van der Waals surface area contributed by atoms with Gasteiger partial charge in [0.2, 0.25) is 5.82 Å². The highest BCUT2D eigenvalue weighted by atomic mass is 16.5. The first-order valence-corrected chi connectivity index (χ1v) is 8.33. The third-order valence-corrected chi connectivity index (χ3v) is 4.10. The number of methoxy groups -OCH3 is 2. The molecule has 0 saturated heterocycles. The molecule has 0 aliphatic carbocycles. The predicted octanol–water partition coefficient (Wildman–Crippen LogP) is 3.41. The van der Waals surface area contributed by atoms with Gasteiger partial charge in [-0.2, -0.15) is 0 Å². The van der Waals surface area contributed by atoms with Gasteiger partial charge in [-0.3, -0.25) is 4.98 Å². The van der Waals surface area contributed by atoms with E-state index in [1.165, 1.54) is 4.80 Å². The molecule has 134 valence electrons. The summed E-state index contributed by atoms with van der Waals surface area (Å²) < 4.78 is 11.0. The number of hydrogen-bond donors (Lipinski definition) is 0. The lowest BCUT2D eigenvalue weighted by Gasteiger charge is -2.13. The van der Waals surface area contributed by atoms with Crippen LogP contribution in [0.1, 0.15) is 0 Å². The predicted molar refractivity (Wildman–Crippen MR) is 101 cm³/mol. The van der Waals surface area contributed by atoms with Crippen LogP contribution in [0.2, 0.25) is 0 Å². The third-order valence-electron chi connectivity index (χ3n) is 4.10. The van der Waals surface area contributed by atoms with Gasteiger partial charge in [-0.15, -0.1) is 15.0 Å². The zero-order valence-corrected chi connectivity index (χ0v) is 14.9. The van der Waals surface area contributed by atoms with Crippen molar-refractivity contribution >= 4 is 0 Å². The number of aromatic nitrogens is 5. The van der Waals surface area contributed by atoms with Gasteiger partial charge in [0.25, 0.3) is 0 Å². The van der Waals surface area contributed by atoms with Crippen molar-refractivity contribution < 1.29 is 9.47 Å². The lowest BCUT2D eigenvalue weighted by Crippen LogP contribution is -2.00. The second kappa shape index (κ2) is 7.25. The molecule has 0 aliphatic heterocycles. The fourth-order valence-electron chi connectivity index (χ4n) is 2.84. The number of ether oxygens (including phenoxy) is 2. The molecule has 4 rings (SSSR count). The van der Waals surface area contributed by atoms with Gasteiger partial charge in [-0.25, -0.2) is 0 Å². The molecule has 0 atom stereocenters. The smallest absolute Gasteiger partial charge is 0.223 e. The minimum Gasteiger partial charge on any atom is -0.496 e. The largest absolute Gasteiger partial charge is 0.496 e. The van der Waals surface area contributed by atoms with E-state index < -0.39 is 0 Å². The van der Waals surface area contributed by atoms with Crippen LogP contribution >= 0.6 is 0 Å². The van der Waals surface area contributed by atoms with Crippen molar-refractivity contribution in [3.05, 3.63) is 66.9 Å². The summed E-state index contributed by atoms with van der Waals surface area (Å²) in [4.78, 5) is 5.74. The summed E-state index contributed by atoms with van der Waals surface area (Å²) in [5.74, 6) is 1.93. The lowest BCUT2D eigenvalue weighted by atomic mass is 10.0. The van der Waals surface area contributed by atoms with Crippen molar-refractivity contribution in [1.82, 2.24) is 25.2 Å². The fraction of sp³-hybridized carbons (Fsp3) is 0.100. The van der Waals surface area contributed by atoms with E-state index in [1.807, 2.05) is 60.7 Å². The molecular weight excluding hydrogens is 342 g/mol. The van der Waals surface area contributed by atoms with E-state index in [1.54, 1.807) is 20.4 Å². The Balaban J connectivity index is 1.76. The Kier molecular flexibility index (Phi) is 4.49. The van der Waals surface area contributed by atoms with E-state index in [9.17, 15) is 0 Å². The third kappa shape index (κ3) is 3.22. The summed E-state index contributed by atoms with van der Waals surface area (Å²) in [7, 11) is 3.28. The molecular formula is C20H17N5O2. The quantitative estimate of drug-likeness (QED) is 0.544. The Labute approximate surface area is 156 Å². The van der Waals surface area contributed by atoms with Crippen molar-refractivity contribution in [1.29, 1.82) is 0 Å². The summed E-state index contributed by atoms with van der Waals surface area (Å²) in [5.41, 5.74) is 3.24. The normalized spacial score (nSPS) is 10.6. The zero-order chi connectivity index (χ0) is 18.6. The molecule has 0 saturated carbocycles. The monoisotopic (exact) mass is 359 g/mol. The summed E-state index contributed by atoms with van der Waals surface area (Å²) in [5, 5.41) is 12.7. The molecule has 0 radical (unpaired) electrons. The van der Waals surface area contributed by atoms with Gasteiger partial charge in [-0.1, -0.05) is 24.3 Å². The lowest BCUT2D eigenvalue weighted by molar-refractivity contribution is 0.397. The first-order chi connectivity index (χ1) is 13.3. The number of benzene rings is 2. The summed E-state index contributed by atoms with van der Waals surface area (Å²) in [6, 6.07) is 19.1. The zero-order valence-electron chi connectivity index (χ0n) is 14.9. The second-order valence-corrected chi connectivity index (χ2v) is 5.71. The Morgan fingerprint density at radius 3 is 2.33 bits per heavy atom. The number of hydrogen-bond acceptors (Lipinski definition) is 6. The number of nitrogens with zero attached hydrogens (tertiary/aromatic N) is 5. The van der Waals surface area contributed by atoms with Gasteiger partial charge in [0, 0.05) is 6.20 Å². The van der Waals surface area contributed by atoms with E-state index in [0.717, 1.165) is 28.3 Å². The molecule has 0 amide bonds. The van der Waals surface area contributed by atoms with E-state index >= 15 is 0 Å². The SMILES string of the molecule is COc1cccc(OC)c1-c1cccc(-n2nnc(-c3ccccn3)n2)c1. The maximum Gasteiger partial charge on any atom is 0.223 e. The van der Waals surface area contributed by atoms with Gasteiger partial charge < -0.3 is 9.47 Å². The first-order valence-electron chi connectivity index (χ1n) is 8.33. The van der Waals surface area contributed by atoms with Gasteiger partial charge in [0.1, 0.15) is 17.2 Å². The van der Waals surface area contributed by atoms with Gasteiger partial charge >= 0.3 is 0 Å². The van der Waals surface area contributed by atoms with Gasteiger partial charge in [0.15, 0.2) is 0 Å². The van der Waals surface area contributed by atoms with Crippen molar-refractivity contribution in [2.75, 3.05) is 14.2 Å². The average Bonchev–Trinajstić information content (AvgIpc) is 3.24. The van der Waals surface area contributed by atoms with Crippen molar-refractivity contribution in [2.45, 2.75) is 0 Å². The van der Waals surface area contributed by atoms with Crippen molar-refractivity contribution in [3.63, 3.8) is 0 Å². The summed E-state index contributed by atoms with van der Waals surface area (Å²) >= 11 is 0. The molecule has 4 aromatic rings. The van der Waals surface area contributed by atoms with Crippen LogP contribution in [0.3, 0.4) is 0 Å². The van der Waals surface area contributed by atoms with Crippen LogP contribution in [0.15, 0.2) is 66.9 Å². The van der Waals surface area contributed by atoms with Crippen molar-refractivity contribution in [3.8, 4) is 39.8 Å². The van der Waals surface area contributed by atoms with Crippen molar-refractivity contribution in [2.24, 2.45) is 0 Å². The summed E-state index contributed by atoms with van der Waals surface area (Å²) in [6.07, 6.45) is 1.70. The topological polar surface area (TPSA) is 75.0 Å². The maximum absolute atomic E-state index is 5.51. The molecule has 2 heterocycles. The van der Waals surface area contributed by atoms with Crippen LogP contribution in [0.4, 0.5) is 0 Å². The van der Waals surface area contributed by atoms with Gasteiger partial charge in [-0.05, 0) is 47.2 Å². The van der Waals surface area contributed by atoms with Crippen LogP contribution in [0.5, 0.6) is 11.5 Å². The van der Waals surface area contributed by atoms with Crippen LogP contribution in [0.25, 0.3) is 28.3 Å². The standard InChI is InChI=1S/C20H17N5O2/c1-26-17-10-6-11-18(27-2)19(17)14-7-5-8-15(13-14)25-23-20(22-24-25)16-9-3-4-12-21-16/h3-13H,1-2H3. The van der Waals surface area contributed by atoms with Crippen LogP contribution < -0.4 is 9.47 Å². The van der Waals surface area contributed by atoms with E-state index in [2.05, 4.69) is 20.4 Å². The second-order valence-electron chi connectivity index (χ2n) is 5.71. The first kappa shape index (κ1) is 16.7. The molecule has 0 fully saturated rings. The molecule has 0 bridgehead atoms. The Bertz CT molecular complexity index is 1040. The van der Waals surface area contributed by atoms with E-state index in [4.69, 9.17) is 9.47 Å². The Morgan fingerprint density at radius 1 is 0.852 bits per heavy atom. The molecule has 0 N–H and O–H groups in total. The highest BCUT2D eigenvalue weighted by molar-refractivity contribution is 5.78. The molecule has 0 aliphatic rings. The molecule has 2 aromatic heterocycles. The van der Waals surface area contributed by atoms with Crippen LogP contribution in [-0.4, -0.2) is 39.4 Å². The van der Waals surface area contributed by atoms with Gasteiger partial charge in [0.05, 0.1) is 25.5 Å². The minimum absolute atomic E-state index is 0.468. The molecule has 27 heavy (non-hydrogen) atoms. The van der Waals surface area contributed by atoms with Crippen LogP contribution in [-0.2, 0) is 0 Å². The van der Waals surface area contributed by atoms with E-state index in [0.29, 0.717) is 11.5 Å². The average molecular weight is 359 g/mol. The Morgan fingerprint density at radius 2 is 1.63 bits per heavy atom. The van der Waals surface area contributed by atoms with Crippen LogP contribution in [0, 0.1) is 0 Å². The fourth-order valence-corrected chi connectivity index (χ4v) is 2.84. The Hall–Kier alpha value is -3.74.